The third-order valence-electron chi connectivity index (χ3n) is 7.83. The van der Waals surface area contributed by atoms with Gasteiger partial charge in [0.25, 0.3) is 0 Å². The quantitative estimate of drug-likeness (QED) is 0.239. The number of nitrogens with two attached hydrogens (primary N) is 1. The number of fused-ring (bicyclic) bond motifs is 12. The lowest BCUT2D eigenvalue weighted by atomic mass is 9.95. The molecule has 0 fully saturated rings. The number of benzene rings is 6. The van der Waals surface area contributed by atoms with Gasteiger partial charge in [0.05, 0.1) is 5.52 Å². The van der Waals surface area contributed by atoms with Crippen molar-refractivity contribution >= 4 is 80.6 Å². The molecule has 8 rings (SSSR count). The lowest BCUT2D eigenvalue weighted by Crippen LogP contribution is -2.01. The van der Waals surface area contributed by atoms with Gasteiger partial charge < -0.3 is 10.3 Å². The van der Waals surface area contributed by atoms with Crippen molar-refractivity contribution in [2.45, 2.75) is 6.54 Å². The molecule has 0 aliphatic heterocycles. The predicted molar refractivity (Wildman–Crippen MR) is 166 cm³/mol. The Hall–Kier alpha value is -4.60. The van der Waals surface area contributed by atoms with Gasteiger partial charge in [-0.15, -0.1) is 11.3 Å². The summed E-state index contributed by atoms with van der Waals surface area (Å²) in [5.41, 5.74) is 11.0. The molecule has 180 valence electrons. The van der Waals surface area contributed by atoms with Gasteiger partial charge in [0.2, 0.25) is 0 Å². The van der Waals surface area contributed by atoms with Gasteiger partial charge >= 0.3 is 0 Å². The summed E-state index contributed by atoms with van der Waals surface area (Å²) in [6.45, 7) is 0.698. The average molecular weight is 505 g/mol. The van der Waals surface area contributed by atoms with Gasteiger partial charge in [-0.1, -0.05) is 103 Å². The zero-order valence-electron chi connectivity index (χ0n) is 20.7. The number of para-hydroxylation sites is 1. The van der Waals surface area contributed by atoms with E-state index in [0.29, 0.717) is 6.54 Å². The second-order valence-electron chi connectivity index (χ2n) is 9.89. The van der Waals surface area contributed by atoms with Crippen LogP contribution in [0.3, 0.4) is 0 Å². The first-order valence-electron chi connectivity index (χ1n) is 13.0. The van der Waals surface area contributed by atoms with E-state index in [9.17, 15) is 0 Å². The van der Waals surface area contributed by atoms with E-state index in [0.717, 1.165) is 11.3 Å². The van der Waals surface area contributed by atoms with Gasteiger partial charge in [-0.3, -0.25) is 0 Å². The Morgan fingerprint density at radius 3 is 2.21 bits per heavy atom. The maximum Gasteiger partial charge on any atom is 0.0595 e. The van der Waals surface area contributed by atoms with Gasteiger partial charge in [0.15, 0.2) is 0 Å². The number of rotatable bonds is 3. The van der Waals surface area contributed by atoms with Crippen molar-refractivity contribution in [2.24, 2.45) is 5.73 Å². The van der Waals surface area contributed by atoms with E-state index in [2.05, 4.69) is 108 Å². The maximum atomic E-state index is 6.59. The van der Waals surface area contributed by atoms with Crippen molar-refractivity contribution < 1.29 is 0 Å². The Labute approximate surface area is 223 Å². The smallest absolute Gasteiger partial charge is 0.0595 e. The van der Waals surface area contributed by atoms with E-state index in [-0.39, 0.29) is 0 Å². The van der Waals surface area contributed by atoms with E-state index in [1.54, 1.807) is 0 Å². The number of allylic oxidation sites excluding steroid dienone is 1. The Bertz CT molecular complexity index is 2210. The van der Waals surface area contributed by atoms with Crippen molar-refractivity contribution in [3.63, 3.8) is 0 Å². The maximum absolute atomic E-state index is 6.59. The van der Waals surface area contributed by atoms with Crippen LogP contribution >= 0.6 is 11.3 Å². The van der Waals surface area contributed by atoms with Crippen LogP contribution < -0.4 is 5.73 Å². The second-order valence-corrected chi connectivity index (χ2v) is 10.9. The van der Waals surface area contributed by atoms with Crippen molar-refractivity contribution in [1.82, 2.24) is 4.57 Å². The summed E-state index contributed by atoms with van der Waals surface area (Å²) < 4.78 is 5.14. The fourth-order valence-corrected chi connectivity index (χ4v) is 7.42. The van der Waals surface area contributed by atoms with E-state index in [4.69, 9.17) is 5.73 Å². The first-order chi connectivity index (χ1) is 18.8. The molecule has 0 radical (unpaired) electrons. The number of thiophene rings is 1. The molecule has 2 nitrogen and oxygen atoms in total. The van der Waals surface area contributed by atoms with E-state index in [1.807, 2.05) is 29.5 Å². The fraction of sp³-hybridized carbons (Fsp3) is 0.0286. The largest absolute Gasteiger partial charge is 0.398 e. The minimum atomic E-state index is 0.698. The zero-order chi connectivity index (χ0) is 25.2. The third kappa shape index (κ3) is 3.00. The summed E-state index contributed by atoms with van der Waals surface area (Å²) in [6, 6.07) is 41.3. The molecule has 6 aromatic carbocycles. The lowest BCUT2D eigenvalue weighted by molar-refractivity contribution is 0.902. The molecule has 0 saturated carbocycles. The Morgan fingerprint density at radius 2 is 1.34 bits per heavy atom. The number of hydrogen-bond donors (Lipinski definition) is 1. The lowest BCUT2D eigenvalue weighted by Gasteiger charge is -2.11. The van der Waals surface area contributed by atoms with Crippen molar-refractivity contribution in [2.75, 3.05) is 0 Å². The van der Waals surface area contributed by atoms with Crippen molar-refractivity contribution in [3.8, 4) is 0 Å². The molecule has 0 atom stereocenters. The molecule has 2 heterocycles. The first-order valence-corrected chi connectivity index (χ1v) is 13.8. The minimum Gasteiger partial charge on any atom is -0.398 e. The van der Waals surface area contributed by atoms with E-state index in [1.165, 1.54) is 63.5 Å². The summed E-state index contributed by atoms with van der Waals surface area (Å²) in [5, 5.41) is 10.5. The molecule has 0 spiro atoms. The summed E-state index contributed by atoms with van der Waals surface area (Å²) in [7, 11) is 0. The van der Waals surface area contributed by atoms with E-state index >= 15 is 0 Å². The summed E-state index contributed by atoms with van der Waals surface area (Å²) in [4.78, 5) is 0. The number of hydrogen-bond acceptors (Lipinski definition) is 2. The van der Waals surface area contributed by atoms with Crippen LogP contribution in [0.1, 0.15) is 5.56 Å². The van der Waals surface area contributed by atoms with E-state index < -0.39 is 0 Å². The number of nitrogens with zero attached hydrogens (tertiary/aromatic N) is 1. The molecule has 0 aliphatic carbocycles. The van der Waals surface area contributed by atoms with Crippen LogP contribution in [-0.2, 0) is 6.54 Å². The fourth-order valence-electron chi connectivity index (χ4n) is 6.14. The van der Waals surface area contributed by atoms with Crippen LogP contribution in [0.4, 0.5) is 0 Å². The molecular formula is C35H24N2S. The van der Waals surface area contributed by atoms with Gasteiger partial charge in [-0.2, -0.15) is 0 Å². The molecule has 0 amide bonds. The molecule has 0 saturated heterocycles. The third-order valence-corrected chi connectivity index (χ3v) is 9.02. The Kier molecular flexibility index (Phi) is 4.64. The summed E-state index contributed by atoms with van der Waals surface area (Å²) >= 11 is 1.91. The molecule has 0 bridgehead atoms. The molecule has 3 heteroatoms. The Morgan fingerprint density at radius 1 is 0.632 bits per heavy atom. The van der Waals surface area contributed by atoms with Gasteiger partial charge in [0, 0.05) is 54.1 Å². The van der Waals surface area contributed by atoms with Crippen LogP contribution in [0.15, 0.2) is 121 Å². The standard InChI is InChI=1S/C35H24N2S/c36-28(23-11-2-1-3-12-23)20-21-37-29-16-8-6-14-25(29)31-27-19-18-22-10-4-5-13-24(22)32(27)35-33(34(31)37)26-15-7-9-17-30(26)38-35/h1-20H,21,36H2/b28-20-. The highest BCUT2D eigenvalue weighted by molar-refractivity contribution is 7.27. The number of aromatic nitrogens is 1. The highest BCUT2D eigenvalue weighted by Crippen LogP contribution is 2.48. The summed E-state index contributed by atoms with van der Waals surface area (Å²) in [5.74, 6) is 0. The van der Waals surface area contributed by atoms with Crippen LogP contribution in [0.5, 0.6) is 0 Å². The van der Waals surface area contributed by atoms with Crippen LogP contribution in [-0.4, -0.2) is 4.57 Å². The van der Waals surface area contributed by atoms with Crippen LogP contribution in [0.2, 0.25) is 0 Å². The first kappa shape index (κ1) is 21.5. The monoisotopic (exact) mass is 504 g/mol. The van der Waals surface area contributed by atoms with Gasteiger partial charge in [0.1, 0.15) is 0 Å². The normalized spacial score (nSPS) is 12.6. The van der Waals surface area contributed by atoms with Crippen LogP contribution in [0.25, 0.3) is 69.2 Å². The van der Waals surface area contributed by atoms with Gasteiger partial charge in [-0.05, 0) is 39.9 Å². The average Bonchev–Trinajstić information content (AvgIpc) is 3.52. The van der Waals surface area contributed by atoms with Gasteiger partial charge in [-0.25, -0.2) is 0 Å². The molecule has 0 aliphatic rings. The summed E-state index contributed by atoms with van der Waals surface area (Å²) in [6.07, 6.45) is 2.16. The molecule has 38 heavy (non-hydrogen) atoms. The van der Waals surface area contributed by atoms with Crippen LogP contribution in [0, 0.1) is 0 Å². The molecular weight excluding hydrogens is 480 g/mol. The highest BCUT2D eigenvalue weighted by atomic mass is 32.1. The molecule has 2 N–H and O–H groups in total. The highest BCUT2D eigenvalue weighted by Gasteiger charge is 2.21. The Balaban J connectivity index is 1.58. The zero-order valence-corrected chi connectivity index (χ0v) is 21.5. The minimum absolute atomic E-state index is 0.698. The van der Waals surface area contributed by atoms with Crippen molar-refractivity contribution in [1.29, 1.82) is 0 Å². The topological polar surface area (TPSA) is 30.9 Å². The molecule has 0 unspecified atom stereocenters. The predicted octanol–water partition coefficient (Wildman–Crippen LogP) is 9.47. The molecule has 8 aromatic rings. The van der Waals surface area contributed by atoms with Crippen molar-refractivity contribution in [3.05, 3.63) is 127 Å². The molecule has 2 aromatic heterocycles. The SMILES string of the molecule is N/C(=C\Cn1c2ccccc2c2c3ccc4ccccc4c3c3sc4ccccc4c3c21)c1ccccc1. The second kappa shape index (κ2) is 8.20.